The molecule has 0 aromatic heterocycles. The smallest absolute Gasteiger partial charge is 0.0647 e. The monoisotopic (exact) mass is 203 g/mol. The Hall–Kier alpha value is -0.120. The molecule has 0 aromatic rings. The van der Waals surface area contributed by atoms with E-state index in [1.807, 2.05) is 6.92 Å². The molecule has 3 N–H and O–H groups in total. The average molecular weight is 203 g/mol. The summed E-state index contributed by atoms with van der Waals surface area (Å²) in [6.45, 7) is 6.24. The predicted molar refractivity (Wildman–Crippen MR) is 59.3 cm³/mol. The Bertz CT molecular complexity index is 127. The normalized spacial score (nSPS) is 14.4. The van der Waals surface area contributed by atoms with E-state index in [1.54, 1.807) is 0 Å². The molecule has 14 heavy (non-hydrogen) atoms. The first-order valence-corrected chi connectivity index (χ1v) is 5.63. The van der Waals surface area contributed by atoms with E-state index in [-0.39, 0.29) is 13.2 Å². The summed E-state index contributed by atoms with van der Waals surface area (Å²) < 4.78 is 0. The van der Waals surface area contributed by atoms with Crippen LogP contribution in [-0.4, -0.2) is 35.0 Å². The van der Waals surface area contributed by atoms with Gasteiger partial charge in [-0.05, 0) is 19.8 Å². The van der Waals surface area contributed by atoms with Crippen LogP contribution in [0.5, 0.6) is 0 Å². The summed E-state index contributed by atoms with van der Waals surface area (Å²) in [5.41, 5.74) is -0.493. The standard InChI is InChI=1S/C11H25NO2/c1-4-6-7-10(3)12-11(5-2,8-13)9-14/h10,12-14H,4-9H2,1-3H3. The Balaban J connectivity index is 4.01. The van der Waals surface area contributed by atoms with Crippen LogP contribution in [0.3, 0.4) is 0 Å². The van der Waals surface area contributed by atoms with Gasteiger partial charge in [0.2, 0.25) is 0 Å². The van der Waals surface area contributed by atoms with Gasteiger partial charge in [0, 0.05) is 6.04 Å². The molecular formula is C11H25NO2. The highest BCUT2D eigenvalue weighted by molar-refractivity contribution is 4.87. The molecule has 0 aromatic carbocycles. The Labute approximate surface area is 87.5 Å². The molecule has 0 aliphatic carbocycles. The largest absolute Gasteiger partial charge is 0.394 e. The minimum Gasteiger partial charge on any atom is -0.394 e. The van der Waals surface area contributed by atoms with Gasteiger partial charge in [-0.25, -0.2) is 0 Å². The minimum absolute atomic E-state index is 0.00351. The molecule has 0 fully saturated rings. The van der Waals surface area contributed by atoms with E-state index in [0.29, 0.717) is 6.04 Å². The fourth-order valence-corrected chi connectivity index (χ4v) is 1.57. The molecule has 1 unspecified atom stereocenters. The number of rotatable bonds is 8. The van der Waals surface area contributed by atoms with Crippen molar-refractivity contribution in [3.63, 3.8) is 0 Å². The SMILES string of the molecule is CCCCC(C)NC(CC)(CO)CO. The molecule has 0 heterocycles. The summed E-state index contributed by atoms with van der Waals surface area (Å²) in [7, 11) is 0. The van der Waals surface area contributed by atoms with E-state index >= 15 is 0 Å². The summed E-state index contributed by atoms with van der Waals surface area (Å²) >= 11 is 0. The van der Waals surface area contributed by atoms with Gasteiger partial charge in [-0.3, -0.25) is 0 Å². The van der Waals surface area contributed by atoms with Gasteiger partial charge < -0.3 is 15.5 Å². The lowest BCUT2D eigenvalue weighted by Gasteiger charge is -2.33. The van der Waals surface area contributed by atoms with Crippen molar-refractivity contribution in [2.24, 2.45) is 0 Å². The zero-order valence-corrected chi connectivity index (χ0v) is 9.71. The van der Waals surface area contributed by atoms with Crippen molar-refractivity contribution in [3.8, 4) is 0 Å². The van der Waals surface area contributed by atoms with Gasteiger partial charge >= 0.3 is 0 Å². The summed E-state index contributed by atoms with van der Waals surface area (Å²) in [4.78, 5) is 0. The number of unbranched alkanes of at least 4 members (excludes halogenated alkanes) is 1. The lowest BCUT2D eigenvalue weighted by Crippen LogP contribution is -2.54. The second kappa shape index (κ2) is 7.21. The molecule has 3 heteroatoms. The van der Waals surface area contributed by atoms with Gasteiger partial charge in [-0.1, -0.05) is 26.7 Å². The molecular weight excluding hydrogens is 178 g/mol. The first-order chi connectivity index (χ1) is 6.64. The molecule has 0 spiro atoms. The van der Waals surface area contributed by atoms with Crippen LogP contribution in [0, 0.1) is 0 Å². The van der Waals surface area contributed by atoms with E-state index in [0.717, 1.165) is 12.8 Å². The average Bonchev–Trinajstić information content (AvgIpc) is 2.23. The van der Waals surface area contributed by atoms with Crippen LogP contribution in [0.25, 0.3) is 0 Å². The maximum absolute atomic E-state index is 9.23. The maximum atomic E-state index is 9.23. The van der Waals surface area contributed by atoms with E-state index in [1.165, 1.54) is 12.8 Å². The fraction of sp³-hybridized carbons (Fsp3) is 1.00. The van der Waals surface area contributed by atoms with Crippen molar-refractivity contribution in [1.29, 1.82) is 0 Å². The molecule has 0 saturated carbocycles. The van der Waals surface area contributed by atoms with Gasteiger partial charge in [0.05, 0.1) is 18.8 Å². The molecule has 0 bridgehead atoms. The third kappa shape index (κ3) is 4.40. The van der Waals surface area contributed by atoms with Crippen LogP contribution >= 0.6 is 0 Å². The molecule has 0 aliphatic rings. The van der Waals surface area contributed by atoms with Crippen molar-refractivity contribution in [2.75, 3.05) is 13.2 Å². The van der Waals surface area contributed by atoms with E-state index in [4.69, 9.17) is 0 Å². The number of aliphatic hydroxyl groups excluding tert-OH is 2. The summed E-state index contributed by atoms with van der Waals surface area (Å²) in [5, 5.41) is 21.8. The molecule has 0 saturated heterocycles. The van der Waals surface area contributed by atoms with Crippen LogP contribution in [-0.2, 0) is 0 Å². The highest BCUT2D eigenvalue weighted by atomic mass is 16.3. The third-order valence-corrected chi connectivity index (χ3v) is 2.83. The summed E-state index contributed by atoms with van der Waals surface area (Å²) in [5.74, 6) is 0. The van der Waals surface area contributed by atoms with Crippen molar-refractivity contribution in [3.05, 3.63) is 0 Å². The molecule has 0 rings (SSSR count). The number of nitrogens with one attached hydrogen (secondary N) is 1. The van der Waals surface area contributed by atoms with Crippen molar-refractivity contribution in [1.82, 2.24) is 5.32 Å². The number of hydrogen-bond donors (Lipinski definition) is 3. The van der Waals surface area contributed by atoms with Crippen molar-refractivity contribution in [2.45, 2.75) is 58.0 Å². The van der Waals surface area contributed by atoms with Crippen LogP contribution in [0.15, 0.2) is 0 Å². The minimum atomic E-state index is -0.493. The molecule has 3 nitrogen and oxygen atoms in total. The quantitative estimate of drug-likeness (QED) is 0.557. The van der Waals surface area contributed by atoms with Gasteiger partial charge in [0.15, 0.2) is 0 Å². The van der Waals surface area contributed by atoms with Crippen molar-refractivity contribution >= 4 is 0 Å². The zero-order chi connectivity index (χ0) is 11.0. The van der Waals surface area contributed by atoms with Crippen LogP contribution in [0.1, 0.15) is 46.5 Å². The summed E-state index contributed by atoms with van der Waals surface area (Å²) in [6.07, 6.45) is 4.21. The van der Waals surface area contributed by atoms with Gasteiger partial charge in [0.25, 0.3) is 0 Å². The first kappa shape index (κ1) is 13.9. The Kier molecular flexibility index (Phi) is 7.15. The molecule has 0 aliphatic heterocycles. The Morgan fingerprint density at radius 3 is 2.14 bits per heavy atom. The van der Waals surface area contributed by atoms with Crippen molar-refractivity contribution < 1.29 is 10.2 Å². The lowest BCUT2D eigenvalue weighted by molar-refractivity contribution is 0.0781. The first-order valence-electron chi connectivity index (χ1n) is 5.63. The van der Waals surface area contributed by atoms with E-state index < -0.39 is 5.54 Å². The third-order valence-electron chi connectivity index (χ3n) is 2.83. The maximum Gasteiger partial charge on any atom is 0.0647 e. The number of hydrogen-bond acceptors (Lipinski definition) is 3. The van der Waals surface area contributed by atoms with E-state index in [2.05, 4.69) is 19.2 Å². The second-order valence-corrected chi connectivity index (χ2v) is 4.14. The van der Waals surface area contributed by atoms with Crippen LogP contribution in [0.2, 0.25) is 0 Å². The molecule has 0 radical (unpaired) electrons. The molecule has 1 atom stereocenters. The number of aliphatic hydroxyl groups is 2. The Morgan fingerprint density at radius 1 is 1.21 bits per heavy atom. The lowest BCUT2D eigenvalue weighted by atomic mass is 9.96. The highest BCUT2D eigenvalue weighted by Crippen LogP contribution is 2.11. The van der Waals surface area contributed by atoms with Gasteiger partial charge in [-0.15, -0.1) is 0 Å². The van der Waals surface area contributed by atoms with Crippen LogP contribution in [0.4, 0.5) is 0 Å². The second-order valence-electron chi connectivity index (χ2n) is 4.14. The highest BCUT2D eigenvalue weighted by Gasteiger charge is 2.27. The molecule has 0 amide bonds. The van der Waals surface area contributed by atoms with Gasteiger partial charge in [0.1, 0.15) is 0 Å². The topological polar surface area (TPSA) is 52.5 Å². The van der Waals surface area contributed by atoms with Gasteiger partial charge in [-0.2, -0.15) is 0 Å². The Morgan fingerprint density at radius 2 is 1.79 bits per heavy atom. The fourth-order valence-electron chi connectivity index (χ4n) is 1.57. The predicted octanol–water partition coefficient (Wildman–Crippen LogP) is 1.29. The zero-order valence-electron chi connectivity index (χ0n) is 9.71. The van der Waals surface area contributed by atoms with E-state index in [9.17, 15) is 10.2 Å². The molecule has 86 valence electrons. The van der Waals surface area contributed by atoms with Crippen LogP contribution < -0.4 is 5.32 Å². The summed E-state index contributed by atoms with van der Waals surface area (Å²) in [6, 6.07) is 0.356.